The van der Waals surface area contributed by atoms with Gasteiger partial charge in [-0.2, -0.15) is 0 Å². The standard InChI is InChI=1S/C15H11NO2/c17-11-5-3-10(4-6-11)12-7-8-14(18)13-2-1-9-16-15(12)13/h1-9,17-18H. The van der Waals surface area contributed by atoms with Gasteiger partial charge in [0.25, 0.3) is 0 Å². The summed E-state index contributed by atoms with van der Waals surface area (Å²) in [7, 11) is 0. The maximum Gasteiger partial charge on any atom is 0.125 e. The van der Waals surface area contributed by atoms with Crippen LogP contribution in [-0.4, -0.2) is 15.2 Å². The smallest absolute Gasteiger partial charge is 0.125 e. The van der Waals surface area contributed by atoms with E-state index < -0.39 is 0 Å². The Hall–Kier alpha value is -2.55. The first-order valence-electron chi connectivity index (χ1n) is 5.62. The van der Waals surface area contributed by atoms with Crippen LogP contribution in [0, 0.1) is 0 Å². The van der Waals surface area contributed by atoms with E-state index in [9.17, 15) is 10.2 Å². The topological polar surface area (TPSA) is 53.4 Å². The van der Waals surface area contributed by atoms with E-state index in [-0.39, 0.29) is 11.5 Å². The van der Waals surface area contributed by atoms with Gasteiger partial charge < -0.3 is 10.2 Å². The van der Waals surface area contributed by atoms with Crippen molar-refractivity contribution in [1.29, 1.82) is 0 Å². The first-order chi connectivity index (χ1) is 8.75. The van der Waals surface area contributed by atoms with Gasteiger partial charge in [0.1, 0.15) is 11.5 Å². The van der Waals surface area contributed by atoms with E-state index in [0.29, 0.717) is 0 Å². The fraction of sp³-hybridized carbons (Fsp3) is 0. The molecule has 0 aliphatic carbocycles. The Bertz CT molecular complexity index is 705. The third-order valence-electron chi connectivity index (χ3n) is 2.92. The van der Waals surface area contributed by atoms with Gasteiger partial charge in [-0.15, -0.1) is 0 Å². The third kappa shape index (κ3) is 1.66. The molecule has 2 aromatic carbocycles. The Morgan fingerprint density at radius 1 is 0.833 bits per heavy atom. The number of pyridine rings is 1. The van der Waals surface area contributed by atoms with Gasteiger partial charge in [-0.3, -0.25) is 4.98 Å². The number of rotatable bonds is 1. The fourth-order valence-electron chi connectivity index (χ4n) is 2.03. The Balaban J connectivity index is 2.30. The molecular weight excluding hydrogens is 226 g/mol. The van der Waals surface area contributed by atoms with E-state index in [2.05, 4.69) is 4.98 Å². The molecule has 3 rings (SSSR count). The van der Waals surface area contributed by atoms with Gasteiger partial charge in [-0.1, -0.05) is 12.1 Å². The number of phenolic OH excluding ortho intramolecular Hbond substituents is 2. The maximum absolute atomic E-state index is 9.81. The molecule has 0 saturated carbocycles. The molecule has 1 heterocycles. The van der Waals surface area contributed by atoms with Crippen LogP contribution in [0.4, 0.5) is 0 Å². The number of hydrogen-bond acceptors (Lipinski definition) is 3. The predicted molar refractivity (Wildman–Crippen MR) is 70.5 cm³/mol. The van der Waals surface area contributed by atoms with Crippen molar-refractivity contribution in [2.24, 2.45) is 0 Å². The molecule has 0 atom stereocenters. The van der Waals surface area contributed by atoms with Crippen LogP contribution in [0.1, 0.15) is 0 Å². The van der Waals surface area contributed by atoms with Crippen molar-refractivity contribution >= 4 is 10.9 Å². The Morgan fingerprint density at radius 3 is 2.39 bits per heavy atom. The van der Waals surface area contributed by atoms with Crippen molar-refractivity contribution in [2.75, 3.05) is 0 Å². The molecule has 0 saturated heterocycles. The van der Waals surface area contributed by atoms with Crippen molar-refractivity contribution in [3.05, 3.63) is 54.7 Å². The number of phenols is 2. The van der Waals surface area contributed by atoms with E-state index in [1.165, 1.54) is 0 Å². The zero-order valence-corrected chi connectivity index (χ0v) is 9.54. The normalized spacial score (nSPS) is 10.7. The second kappa shape index (κ2) is 4.04. The number of aromatic hydroxyl groups is 2. The highest BCUT2D eigenvalue weighted by molar-refractivity contribution is 5.97. The van der Waals surface area contributed by atoms with Crippen LogP contribution in [0.5, 0.6) is 11.5 Å². The van der Waals surface area contributed by atoms with Gasteiger partial charge in [0.2, 0.25) is 0 Å². The SMILES string of the molecule is Oc1ccc(-c2ccc(O)c3cccnc23)cc1. The quantitative estimate of drug-likeness (QED) is 0.682. The van der Waals surface area contributed by atoms with E-state index in [1.807, 2.05) is 24.3 Å². The van der Waals surface area contributed by atoms with Gasteiger partial charge in [0, 0.05) is 17.1 Å². The average molecular weight is 237 g/mol. The lowest BCUT2D eigenvalue weighted by atomic mass is 10.0. The van der Waals surface area contributed by atoms with Gasteiger partial charge in [-0.05, 0) is 42.0 Å². The largest absolute Gasteiger partial charge is 0.508 e. The molecule has 0 spiro atoms. The Kier molecular flexibility index (Phi) is 2.38. The van der Waals surface area contributed by atoms with E-state index in [1.54, 1.807) is 30.5 Å². The lowest BCUT2D eigenvalue weighted by Gasteiger charge is -2.07. The highest BCUT2D eigenvalue weighted by atomic mass is 16.3. The molecule has 2 N–H and O–H groups in total. The lowest BCUT2D eigenvalue weighted by Crippen LogP contribution is -1.84. The van der Waals surface area contributed by atoms with Crippen LogP contribution in [0.25, 0.3) is 22.0 Å². The van der Waals surface area contributed by atoms with Crippen molar-refractivity contribution in [3.8, 4) is 22.6 Å². The molecule has 0 aliphatic rings. The number of fused-ring (bicyclic) bond motifs is 1. The molecule has 0 unspecified atom stereocenters. The second-order valence-corrected chi connectivity index (χ2v) is 4.08. The molecule has 0 bridgehead atoms. The summed E-state index contributed by atoms with van der Waals surface area (Å²) in [5.74, 6) is 0.454. The van der Waals surface area contributed by atoms with Crippen LogP contribution in [0.15, 0.2) is 54.7 Å². The summed E-state index contributed by atoms with van der Waals surface area (Å²) in [5.41, 5.74) is 2.64. The summed E-state index contributed by atoms with van der Waals surface area (Å²) >= 11 is 0. The summed E-state index contributed by atoms with van der Waals surface area (Å²) in [6.45, 7) is 0. The Morgan fingerprint density at radius 2 is 1.61 bits per heavy atom. The van der Waals surface area contributed by atoms with Gasteiger partial charge in [0.05, 0.1) is 5.52 Å². The predicted octanol–water partition coefficient (Wildman–Crippen LogP) is 3.31. The van der Waals surface area contributed by atoms with Crippen LogP contribution >= 0.6 is 0 Å². The van der Waals surface area contributed by atoms with Crippen molar-refractivity contribution < 1.29 is 10.2 Å². The molecule has 3 nitrogen and oxygen atoms in total. The lowest BCUT2D eigenvalue weighted by molar-refractivity contribution is 0.475. The van der Waals surface area contributed by atoms with Gasteiger partial charge in [0.15, 0.2) is 0 Å². The summed E-state index contributed by atoms with van der Waals surface area (Å²) in [6, 6.07) is 14.0. The van der Waals surface area contributed by atoms with Gasteiger partial charge >= 0.3 is 0 Å². The molecule has 88 valence electrons. The molecule has 0 radical (unpaired) electrons. The molecule has 18 heavy (non-hydrogen) atoms. The zero-order chi connectivity index (χ0) is 12.5. The summed E-state index contributed by atoms with van der Waals surface area (Å²) < 4.78 is 0. The highest BCUT2D eigenvalue weighted by Crippen LogP contribution is 2.32. The molecule has 3 heteroatoms. The first kappa shape index (κ1) is 10.6. The minimum absolute atomic E-state index is 0.223. The summed E-state index contributed by atoms with van der Waals surface area (Å²) in [4.78, 5) is 4.32. The summed E-state index contributed by atoms with van der Waals surface area (Å²) in [6.07, 6.45) is 1.70. The third-order valence-corrected chi connectivity index (χ3v) is 2.92. The number of benzene rings is 2. The molecule has 0 amide bonds. The van der Waals surface area contributed by atoms with Crippen LogP contribution in [0.3, 0.4) is 0 Å². The highest BCUT2D eigenvalue weighted by Gasteiger charge is 2.07. The minimum Gasteiger partial charge on any atom is -0.508 e. The van der Waals surface area contributed by atoms with E-state index in [0.717, 1.165) is 22.0 Å². The average Bonchev–Trinajstić information content (AvgIpc) is 2.41. The van der Waals surface area contributed by atoms with Crippen molar-refractivity contribution in [3.63, 3.8) is 0 Å². The number of nitrogens with zero attached hydrogens (tertiary/aromatic N) is 1. The molecule has 0 fully saturated rings. The second-order valence-electron chi connectivity index (χ2n) is 4.08. The van der Waals surface area contributed by atoms with Gasteiger partial charge in [-0.25, -0.2) is 0 Å². The summed E-state index contributed by atoms with van der Waals surface area (Å²) in [5, 5.41) is 19.8. The molecular formula is C15H11NO2. The van der Waals surface area contributed by atoms with Crippen molar-refractivity contribution in [1.82, 2.24) is 4.98 Å². The fourth-order valence-corrected chi connectivity index (χ4v) is 2.03. The number of aromatic nitrogens is 1. The number of hydrogen-bond donors (Lipinski definition) is 2. The van der Waals surface area contributed by atoms with E-state index >= 15 is 0 Å². The maximum atomic E-state index is 9.81. The molecule has 1 aromatic heterocycles. The van der Waals surface area contributed by atoms with Crippen LogP contribution in [0.2, 0.25) is 0 Å². The Labute approximate surface area is 104 Å². The monoisotopic (exact) mass is 237 g/mol. The van der Waals surface area contributed by atoms with E-state index in [4.69, 9.17) is 0 Å². The van der Waals surface area contributed by atoms with Crippen LogP contribution in [-0.2, 0) is 0 Å². The molecule has 0 aliphatic heterocycles. The minimum atomic E-state index is 0.223. The van der Waals surface area contributed by atoms with Crippen LogP contribution < -0.4 is 0 Å². The zero-order valence-electron chi connectivity index (χ0n) is 9.54. The van der Waals surface area contributed by atoms with Crippen molar-refractivity contribution in [2.45, 2.75) is 0 Å². The first-order valence-corrected chi connectivity index (χ1v) is 5.62. The molecule has 3 aromatic rings.